The highest BCUT2D eigenvalue weighted by atomic mass is 19.1. The first-order valence-corrected chi connectivity index (χ1v) is 11.5. The quantitative estimate of drug-likeness (QED) is 0.306. The highest BCUT2D eigenvalue weighted by Gasteiger charge is 2.24. The lowest BCUT2D eigenvalue weighted by atomic mass is 9.77. The van der Waals surface area contributed by atoms with Crippen LogP contribution in [0.15, 0.2) is 54.6 Å². The van der Waals surface area contributed by atoms with Crippen LogP contribution in [0.5, 0.6) is 11.5 Å². The van der Waals surface area contributed by atoms with E-state index in [9.17, 15) is 4.39 Å². The van der Waals surface area contributed by atoms with Gasteiger partial charge in [0.1, 0.15) is 17.3 Å². The smallest absolute Gasteiger partial charge is 0.131 e. The van der Waals surface area contributed by atoms with Gasteiger partial charge in [-0.2, -0.15) is 0 Å². The van der Waals surface area contributed by atoms with Crippen LogP contribution in [0, 0.1) is 12.7 Å². The molecule has 0 saturated heterocycles. The van der Waals surface area contributed by atoms with E-state index in [1.165, 1.54) is 21.9 Å². The average molecular weight is 429 g/mol. The first kappa shape index (κ1) is 20.8. The lowest BCUT2D eigenvalue weighted by Crippen LogP contribution is -2.12. The molecule has 1 unspecified atom stereocenters. The van der Waals surface area contributed by atoms with Gasteiger partial charge in [0.05, 0.1) is 19.6 Å². The van der Waals surface area contributed by atoms with Crippen LogP contribution >= 0.6 is 0 Å². The third-order valence-electron chi connectivity index (χ3n) is 7.12. The van der Waals surface area contributed by atoms with Crippen molar-refractivity contribution in [3.8, 4) is 11.5 Å². The van der Waals surface area contributed by atoms with Gasteiger partial charge in [0, 0.05) is 0 Å². The van der Waals surface area contributed by atoms with E-state index in [1.807, 2.05) is 37.3 Å². The van der Waals surface area contributed by atoms with E-state index in [2.05, 4.69) is 24.3 Å². The highest BCUT2D eigenvalue weighted by molar-refractivity contribution is 6.13. The molecule has 0 radical (unpaired) electrons. The largest absolute Gasteiger partial charge is 0.496 e. The first-order valence-electron chi connectivity index (χ1n) is 11.5. The van der Waals surface area contributed by atoms with Gasteiger partial charge in [-0.15, -0.1) is 0 Å². The summed E-state index contributed by atoms with van der Waals surface area (Å²) in [5.74, 6) is 2.08. The summed E-state index contributed by atoms with van der Waals surface area (Å²) >= 11 is 0. The Labute approximate surface area is 189 Å². The molecule has 0 N–H and O–H groups in total. The van der Waals surface area contributed by atoms with Crippen LogP contribution in [0.25, 0.3) is 21.5 Å². The van der Waals surface area contributed by atoms with Gasteiger partial charge in [0.15, 0.2) is 0 Å². The maximum Gasteiger partial charge on any atom is 0.131 e. The number of methoxy groups -OCH3 is 2. The summed E-state index contributed by atoms with van der Waals surface area (Å²) < 4.78 is 26.0. The molecule has 1 atom stereocenters. The van der Waals surface area contributed by atoms with Crippen molar-refractivity contribution in [2.24, 2.45) is 0 Å². The predicted molar refractivity (Wildman–Crippen MR) is 130 cm³/mol. The maximum atomic E-state index is 14.5. The molecule has 0 saturated carbocycles. The summed E-state index contributed by atoms with van der Waals surface area (Å²) in [4.78, 5) is 0. The van der Waals surface area contributed by atoms with E-state index < -0.39 is 0 Å². The fourth-order valence-corrected chi connectivity index (χ4v) is 5.50. The van der Waals surface area contributed by atoms with E-state index in [1.54, 1.807) is 14.2 Å². The molecule has 5 rings (SSSR count). The number of benzene rings is 4. The van der Waals surface area contributed by atoms with Crippen molar-refractivity contribution in [2.45, 2.75) is 44.9 Å². The zero-order valence-electron chi connectivity index (χ0n) is 19.0. The summed E-state index contributed by atoms with van der Waals surface area (Å²) in [6.45, 7) is 1.84. The predicted octanol–water partition coefficient (Wildman–Crippen LogP) is 7.51. The molecule has 0 amide bonds. The molecule has 4 aromatic carbocycles. The first-order chi connectivity index (χ1) is 15.6. The van der Waals surface area contributed by atoms with E-state index in [4.69, 9.17) is 9.47 Å². The minimum atomic E-state index is -0.0489. The van der Waals surface area contributed by atoms with E-state index in [0.717, 1.165) is 65.5 Å². The third kappa shape index (κ3) is 3.40. The molecule has 1 aliphatic rings. The molecule has 32 heavy (non-hydrogen) atoms. The Balaban J connectivity index is 1.59. The van der Waals surface area contributed by atoms with Crippen molar-refractivity contribution in [2.75, 3.05) is 14.2 Å². The fraction of sp³-hybridized carbons (Fsp3) is 0.310. The molecule has 0 spiro atoms. The Morgan fingerprint density at radius 1 is 0.906 bits per heavy atom. The maximum absolute atomic E-state index is 14.5. The lowest BCUT2D eigenvalue weighted by molar-refractivity contribution is 0.405. The van der Waals surface area contributed by atoms with Gasteiger partial charge in [-0.25, -0.2) is 4.39 Å². The number of halogens is 1. The Hall–Kier alpha value is -3.07. The summed E-state index contributed by atoms with van der Waals surface area (Å²) in [7, 11) is 3.43. The number of hydrogen-bond acceptors (Lipinski definition) is 2. The summed E-state index contributed by atoms with van der Waals surface area (Å²) in [6, 6.07) is 18.6. The minimum absolute atomic E-state index is 0.0489. The molecular weight excluding hydrogens is 399 g/mol. The standard InChI is InChI=1S/C29H29FO2/c1-18-7-4-9-20(29(18)30)14-13-19-8-5-10-22-21(19)15-16-23-24-11-6-12-26(31-2)28(24)27(32-3)17-25(22)23/h4,6-7,9,11-12,15-17,19H,5,8,10,13-14H2,1-3H3. The lowest BCUT2D eigenvalue weighted by Gasteiger charge is -2.28. The van der Waals surface area contributed by atoms with Crippen molar-refractivity contribution in [3.05, 3.63) is 82.7 Å². The number of aryl methyl sites for hydroxylation is 3. The normalized spacial score (nSPS) is 15.7. The third-order valence-corrected chi connectivity index (χ3v) is 7.12. The van der Waals surface area contributed by atoms with Crippen molar-refractivity contribution < 1.29 is 13.9 Å². The minimum Gasteiger partial charge on any atom is -0.496 e. The van der Waals surface area contributed by atoms with Gasteiger partial charge >= 0.3 is 0 Å². The Kier molecular flexibility index (Phi) is 5.50. The van der Waals surface area contributed by atoms with Crippen molar-refractivity contribution in [3.63, 3.8) is 0 Å². The van der Waals surface area contributed by atoms with Crippen LogP contribution in [0.4, 0.5) is 4.39 Å². The van der Waals surface area contributed by atoms with Crippen LogP contribution < -0.4 is 9.47 Å². The van der Waals surface area contributed by atoms with Gasteiger partial charge < -0.3 is 9.47 Å². The molecule has 0 heterocycles. The van der Waals surface area contributed by atoms with Crippen molar-refractivity contribution in [1.29, 1.82) is 0 Å². The highest BCUT2D eigenvalue weighted by Crippen LogP contribution is 2.44. The van der Waals surface area contributed by atoms with Gasteiger partial charge in [-0.3, -0.25) is 0 Å². The molecule has 0 aromatic heterocycles. The molecular formula is C29H29FO2. The Morgan fingerprint density at radius 2 is 1.72 bits per heavy atom. The Morgan fingerprint density at radius 3 is 2.53 bits per heavy atom. The molecule has 0 bridgehead atoms. The molecule has 3 heteroatoms. The summed E-state index contributed by atoms with van der Waals surface area (Å²) in [5, 5.41) is 4.69. The van der Waals surface area contributed by atoms with Gasteiger partial charge in [0.2, 0.25) is 0 Å². The molecule has 4 aromatic rings. The monoisotopic (exact) mass is 428 g/mol. The summed E-state index contributed by atoms with van der Waals surface area (Å²) in [5.41, 5.74) is 4.40. The molecule has 0 fully saturated rings. The Bertz CT molecular complexity index is 1310. The van der Waals surface area contributed by atoms with Gasteiger partial charge in [-0.1, -0.05) is 42.5 Å². The fourth-order valence-electron chi connectivity index (χ4n) is 5.50. The van der Waals surface area contributed by atoms with Crippen molar-refractivity contribution in [1.82, 2.24) is 0 Å². The zero-order chi connectivity index (χ0) is 22.2. The van der Waals surface area contributed by atoms with Crippen LogP contribution in [0.1, 0.15) is 47.4 Å². The number of fused-ring (bicyclic) bond motifs is 5. The number of rotatable bonds is 5. The second-order valence-corrected chi connectivity index (χ2v) is 8.87. The van der Waals surface area contributed by atoms with E-state index >= 15 is 0 Å². The van der Waals surface area contributed by atoms with Gasteiger partial charge in [0.25, 0.3) is 0 Å². The van der Waals surface area contributed by atoms with E-state index in [-0.39, 0.29) is 5.82 Å². The van der Waals surface area contributed by atoms with Crippen LogP contribution in [-0.4, -0.2) is 14.2 Å². The second kappa shape index (κ2) is 8.46. The van der Waals surface area contributed by atoms with Crippen LogP contribution in [0.2, 0.25) is 0 Å². The van der Waals surface area contributed by atoms with Crippen molar-refractivity contribution >= 4 is 21.5 Å². The SMILES string of the molecule is COc1cccc2c1c(OC)cc1c3c(ccc12)C(CCc1cccc(C)c1F)CCC3. The second-order valence-electron chi connectivity index (χ2n) is 8.87. The molecule has 164 valence electrons. The topological polar surface area (TPSA) is 18.5 Å². The van der Waals surface area contributed by atoms with Crippen LogP contribution in [-0.2, 0) is 12.8 Å². The molecule has 1 aliphatic carbocycles. The number of ether oxygens (including phenoxy) is 2. The molecule has 0 aliphatic heterocycles. The summed E-state index contributed by atoms with van der Waals surface area (Å²) in [6.07, 6.45) is 5.13. The number of hydrogen-bond donors (Lipinski definition) is 0. The van der Waals surface area contributed by atoms with E-state index in [0.29, 0.717) is 5.92 Å². The zero-order valence-corrected chi connectivity index (χ0v) is 19.0. The average Bonchev–Trinajstić information content (AvgIpc) is 2.83. The van der Waals surface area contributed by atoms with Crippen LogP contribution in [0.3, 0.4) is 0 Å². The van der Waals surface area contributed by atoms with Gasteiger partial charge in [-0.05, 0) is 95.5 Å². The molecule has 2 nitrogen and oxygen atoms in total.